The Morgan fingerprint density at radius 2 is 1.96 bits per heavy atom. The van der Waals surface area contributed by atoms with Crippen LogP contribution in [0.2, 0.25) is 10.0 Å². The monoisotopic (exact) mass is 364 g/mol. The number of rotatable bonds is 3. The van der Waals surface area contributed by atoms with Crippen molar-refractivity contribution in [1.82, 2.24) is 0 Å². The summed E-state index contributed by atoms with van der Waals surface area (Å²) in [6.07, 6.45) is 1.32. The van der Waals surface area contributed by atoms with Gasteiger partial charge in [0, 0.05) is 23.7 Å². The van der Waals surface area contributed by atoms with Gasteiger partial charge in [-0.05, 0) is 42.8 Å². The van der Waals surface area contributed by atoms with Crippen molar-refractivity contribution in [3.63, 3.8) is 0 Å². The second-order valence-electron chi connectivity index (χ2n) is 5.43. The van der Waals surface area contributed by atoms with E-state index in [2.05, 4.69) is 5.32 Å². The van der Waals surface area contributed by atoms with Crippen LogP contribution in [0.25, 0.3) is 0 Å². The van der Waals surface area contributed by atoms with Crippen molar-refractivity contribution >= 4 is 46.4 Å². The van der Waals surface area contributed by atoms with Gasteiger partial charge in [0.2, 0.25) is 5.91 Å². The van der Waals surface area contributed by atoms with Crippen LogP contribution in [0.4, 0.5) is 11.4 Å². The molecule has 0 saturated carbocycles. The molecule has 7 heteroatoms. The average molecular weight is 365 g/mol. The minimum Gasteiger partial charge on any atom is -0.507 e. The number of nitrogens with one attached hydrogen (secondary N) is 1. The minimum atomic E-state index is -0.504. The second kappa shape index (κ2) is 6.71. The Hall–Kier alpha value is -2.24. The Kier molecular flexibility index (Phi) is 4.64. The van der Waals surface area contributed by atoms with Crippen LogP contribution in [0.15, 0.2) is 36.4 Å². The number of benzene rings is 2. The van der Waals surface area contributed by atoms with Crippen LogP contribution in [0.3, 0.4) is 0 Å². The number of aromatic hydroxyl groups is 1. The molecule has 3 rings (SSSR count). The molecule has 1 aliphatic heterocycles. The predicted molar refractivity (Wildman–Crippen MR) is 94.1 cm³/mol. The molecule has 2 aromatic carbocycles. The summed E-state index contributed by atoms with van der Waals surface area (Å²) < 4.78 is 0. The minimum absolute atomic E-state index is 0.0394. The highest BCUT2D eigenvalue weighted by Crippen LogP contribution is 2.32. The van der Waals surface area contributed by atoms with Crippen molar-refractivity contribution in [3.8, 4) is 5.75 Å². The number of hydrogen-bond acceptors (Lipinski definition) is 3. The van der Waals surface area contributed by atoms with E-state index < -0.39 is 5.91 Å². The molecule has 0 unspecified atom stereocenters. The Morgan fingerprint density at radius 3 is 2.62 bits per heavy atom. The summed E-state index contributed by atoms with van der Waals surface area (Å²) in [5, 5.41) is 13.1. The summed E-state index contributed by atoms with van der Waals surface area (Å²) in [5.74, 6) is -0.629. The van der Waals surface area contributed by atoms with Gasteiger partial charge in [0.05, 0.1) is 16.3 Å². The van der Waals surface area contributed by atoms with Gasteiger partial charge >= 0.3 is 0 Å². The first-order valence-corrected chi connectivity index (χ1v) is 8.11. The van der Waals surface area contributed by atoms with E-state index in [1.807, 2.05) is 0 Å². The number of amides is 2. The topological polar surface area (TPSA) is 69.6 Å². The zero-order valence-electron chi connectivity index (χ0n) is 12.6. The van der Waals surface area contributed by atoms with Gasteiger partial charge in [-0.3, -0.25) is 9.59 Å². The molecule has 1 aliphatic rings. The summed E-state index contributed by atoms with van der Waals surface area (Å²) in [6.45, 7) is 0.640. The molecule has 1 fully saturated rings. The maximum atomic E-state index is 12.3. The van der Waals surface area contributed by atoms with E-state index in [1.165, 1.54) is 18.2 Å². The molecule has 0 bridgehead atoms. The molecule has 2 amide bonds. The fraction of sp³-hybridized carbons (Fsp3) is 0.176. The summed E-state index contributed by atoms with van der Waals surface area (Å²) in [4.78, 5) is 25.7. The zero-order chi connectivity index (χ0) is 17.3. The maximum Gasteiger partial charge on any atom is 0.259 e. The van der Waals surface area contributed by atoms with Crippen LogP contribution < -0.4 is 10.2 Å². The lowest BCUT2D eigenvalue weighted by Crippen LogP contribution is -2.24. The first kappa shape index (κ1) is 16.6. The van der Waals surface area contributed by atoms with Crippen LogP contribution in [-0.4, -0.2) is 23.5 Å². The summed E-state index contributed by atoms with van der Waals surface area (Å²) in [7, 11) is 0. The third-order valence-corrected chi connectivity index (χ3v) is 4.31. The van der Waals surface area contributed by atoms with Gasteiger partial charge in [0.1, 0.15) is 5.75 Å². The molecular weight excluding hydrogens is 351 g/mol. The molecule has 0 aromatic heterocycles. The van der Waals surface area contributed by atoms with Crippen LogP contribution >= 0.6 is 23.2 Å². The number of halogens is 2. The molecular formula is C17H14Cl2N2O3. The van der Waals surface area contributed by atoms with E-state index in [4.69, 9.17) is 23.2 Å². The largest absolute Gasteiger partial charge is 0.507 e. The van der Waals surface area contributed by atoms with E-state index in [-0.39, 0.29) is 17.2 Å². The molecule has 0 atom stereocenters. The molecule has 0 radical (unpaired) electrons. The van der Waals surface area contributed by atoms with Crippen molar-refractivity contribution in [2.24, 2.45) is 0 Å². The van der Waals surface area contributed by atoms with Crippen molar-refractivity contribution in [1.29, 1.82) is 0 Å². The molecule has 2 N–H and O–H groups in total. The number of anilines is 2. The van der Waals surface area contributed by atoms with Gasteiger partial charge in [-0.15, -0.1) is 0 Å². The van der Waals surface area contributed by atoms with E-state index >= 15 is 0 Å². The predicted octanol–water partition coefficient (Wildman–Crippen LogP) is 4.08. The molecule has 0 aliphatic carbocycles. The van der Waals surface area contributed by atoms with Gasteiger partial charge in [0.25, 0.3) is 5.91 Å². The Bertz CT molecular complexity index is 823. The fourth-order valence-corrected chi connectivity index (χ4v) is 3.05. The lowest BCUT2D eigenvalue weighted by molar-refractivity contribution is -0.117. The van der Waals surface area contributed by atoms with Gasteiger partial charge in [-0.1, -0.05) is 23.2 Å². The quantitative estimate of drug-likeness (QED) is 0.861. The van der Waals surface area contributed by atoms with Gasteiger partial charge in [0.15, 0.2) is 0 Å². The second-order valence-corrected chi connectivity index (χ2v) is 6.27. The highest BCUT2D eigenvalue weighted by Gasteiger charge is 2.23. The molecule has 5 nitrogen and oxygen atoms in total. The zero-order valence-corrected chi connectivity index (χ0v) is 14.1. The smallest absolute Gasteiger partial charge is 0.259 e. The van der Waals surface area contributed by atoms with Crippen molar-refractivity contribution in [3.05, 3.63) is 52.0 Å². The maximum absolute atomic E-state index is 12.3. The van der Waals surface area contributed by atoms with E-state index in [1.54, 1.807) is 23.1 Å². The lowest BCUT2D eigenvalue weighted by atomic mass is 10.1. The fourth-order valence-electron chi connectivity index (χ4n) is 2.59. The van der Waals surface area contributed by atoms with Crippen molar-refractivity contribution < 1.29 is 14.7 Å². The van der Waals surface area contributed by atoms with Gasteiger partial charge in [-0.2, -0.15) is 0 Å². The third kappa shape index (κ3) is 3.32. The number of carbonyl (C=O) groups excluding carboxylic acids is 2. The molecule has 2 aromatic rings. The van der Waals surface area contributed by atoms with E-state index in [0.29, 0.717) is 34.4 Å². The first-order chi connectivity index (χ1) is 11.5. The standard InChI is InChI=1S/C17H14Cl2N2O3/c18-10-3-6-15(22)12(8-10)17(24)20-11-4-5-14(13(19)9-11)21-7-1-2-16(21)23/h3-6,8-9,22H,1-2,7H2,(H,20,24). The molecule has 1 heterocycles. The molecule has 124 valence electrons. The summed E-state index contributed by atoms with van der Waals surface area (Å²) in [6, 6.07) is 9.15. The highest BCUT2D eigenvalue weighted by molar-refractivity contribution is 6.34. The summed E-state index contributed by atoms with van der Waals surface area (Å²) >= 11 is 12.1. The molecule has 1 saturated heterocycles. The number of hydrogen-bond donors (Lipinski definition) is 2. The lowest BCUT2D eigenvalue weighted by Gasteiger charge is -2.18. The Morgan fingerprint density at radius 1 is 1.17 bits per heavy atom. The Balaban J connectivity index is 1.81. The SMILES string of the molecule is O=C(Nc1ccc(N2CCCC2=O)c(Cl)c1)c1cc(Cl)ccc1O. The number of phenolic OH excluding ortho intramolecular Hbond substituents is 1. The van der Waals surface area contributed by atoms with E-state index in [0.717, 1.165) is 6.42 Å². The van der Waals surface area contributed by atoms with E-state index in [9.17, 15) is 14.7 Å². The van der Waals surface area contributed by atoms with Crippen molar-refractivity contribution in [2.45, 2.75) is 12.8 Å². The number of nitrogens with zero attached hydrogens (tertiary/aromatic N) is 1. The van der Waals surface area contributed by atoms with Gasteiger partial charge < -0.3 is 15.3 Å². The summed E-state index contributed by atoms with van der Waals surface area (Å²) in [5.41, 5.74) is 1.15. The van der Waals surface area contributed by atoms with Crippen LogP contribution in [0.5, 0.6) is 5.75 Å². The molecule has 24 heavy (non-hydrogen) atoms. The van der Waals surface area contributed by atoms with Crippen LogP contribution in [0.1, 0.15) is 23.2 Å². The third-order valence-electron chi connectivity index (χ3n) is 3.77. The number of phenols is 1. The van der Waals surface area contributed by atoms with Crippen LogP contribution in [-0.2, 0) is 4.79 Å². The number of carbonyl (C=O) groups is 2. The van der Waals surface area contributed by atoms with Gasteiger partial charge in [-0.25, -0.2) is 0 Å². The average Bonchev–Trinajstić information content (AvgIpc) is 2.96. The molecule has 0 spiro atoms. The van der Waals surface area contributed by atoms with Crippen molar-refractivity contribution in [2.75, 3.05) is 16.8 Å². The van der Waals surface area contributed by atoms with Crippen LogP contribution in [0, 0.1) is 0 Å². The Labute approximate surface area is 148 Å². The highest BCUT2D eigenvalue weighted by atomic mass is 35.5. The first-order valence-electron chi connectivity index (χ1n) is 7.35. The normalized spacial score (nSPS) is 14.1.